The molecule has 2 atom stereocenters. The zero-order chi connectivity index (χ0) is 18.7. The third-order valence-electron chi connectivity index (χ3n) is 5.07. The van der Waals surface area contributed by atoms with Crippen LogP contribution in [0.15, 0.2) is 24.4 Å². The molecule has 2 aromatic rings. The van der Waals surface area contributed by atoms with Gasteiger partial charge in [0.1, 0.15) is 6.10 Å². The molecular formula is C18H24N4O4. The SMILES string of the molecule is COc1ccc2nccc([C@@H](O)[C@H](NC(=O)O)C3CCC(N)CC3)c2n1. The number of carboxylic acid groups (broad SMARTS) is 1. The van der Waals surface area contributed by atoms with Crippen LogP contribution in [0, 0.1) is 5.92 Å². The molecule has 1 aliphatic carbocycles. The van der Waals surface area contributed by atoms with Crippen molar-refractivity contribution in [1.82, 2.24) is 15.3 Å². The normalized spacial score (nSPS) is 22.6. The molecule has 1 saturated carbocycles. The van der Waals surface area contributed by atoms with Crippen molar-refractivity contribution in [1.29, 1.82) is 0 Å². The Balaban J connectivity index is 1.96. The number of nitrogens with one attached hydrogen (secondary N) is 1. The molecule has 0 spiro atoms. The number of nitrogens with zero attached hydrogens (tertiary/aromatic N) is 2. The quantitative estimate of drug-likeness (QED) is 0.640. The van der Waals surface area contributed by atoms with E-state index in [0.717, 1.165) is 25.7 Å². The van der Waals surface area contributed by atoms with E-state index in [1.54, 1.807) is 24.4 Å². The number of aliphatic hydroxyl groups excluding tert-OH is 1. The van der Waals surface area contributed by atoms with Gasteiger partial charge in [0.25, 0.3) is 0 Å². The molecule has 1 aliphatic rings. The number of aliphatic hydroxyl groups is 1. The summed E-state index contributed by atoms with van der Waals surface area (Å²) in [4.78, 5) is 20.0. The van der Waals surface area contributed by atoms with Crippen LogP contribution in [-0.2, 0) is 0 Å². The summed E-state index contributed by atoms with van der Waals surface area (Å²) in [5, 5.41) is 22.8. The lowest BCUT2D eigenvalue weighted by Crippen LogP contribution is -2.46. The number of methoxy groups -OCH3 is 1. The molecule has 0 radical (unpaired) electrons. The Morgan fingerprint density at radius 2 is 2.04 bits per heavy atom. The van der Waals surface area contributed by atoms with Gasteiger partial charge >= 0.3 is 6.09 Å². The van der Waals surface area contributed by atoms with Crippen molar-refractivity contribution in [3.63, 3.8) is 0 Å². The van der Waals surface area contributed by atoms with Gasteiger partial charge in [0.2, 0.25) is 5.88 Å². The van der Waals surface area contributed by atoms with Gasteiger partial charge < -0.3 is 26.0 Å². The number of fused-ring (bicyclic) bond motifs is 1. The number of pyridine rings is 2. The summed E-state index contributed by atoms with van der Waals surface area (Å²) in [5.41, 5.74) is 7.61. The Hall–Kier alpha value is -2.45. The number of aromatic nitrogens is 2. The second kappa shape index (κ2) is 7.84. The van der Waals surface area contributed by atoms with Crippen LogP contribution in [0.5, 0.6) is 5.88 Å². The molecule has 0 unspecified atom stereocenters. The largest absolute Gasteiger partial charge is 0.481 e. The maximum absolute atomic E-state index is 11.3. The molecule has 5 N–H and O–H groups in total. The highest BCUT2D eigenvalue weighted by atomic mass is 16.5. The molecule has 2 aromatic heterocycles. The van der Waals surface area contributed by atoms with Gasteiger partial charge in [0, 0.05) is 23.9 Å². The number of nitrogens with two attached hydrogens (primary N) is 1. The number of hydrogen-bond acceptors (Lipinski definition) is 6. The number of hydrogen-bond donors (Lipinski definition) is 4. The summed E-state index contributed by atoms with van der Waals surface area (Å²) in [6.45, 7) is 0. The molecule has 0 bridgehead atoms. The standard InChI is InChI=1S/C18H24N4O4/c1-26-14-7-6-13-16(21-14)12(8-9-20-13)17(23)15(22-18(24)25)10-2-4-11(19)5-3-10/h6-11,15,17,22-23H,2-5,19H2,1H3,(H,24,25)/t10?,11?,15-,17-/m1/s1. The van der Waals surface area contributed by atoms with Crippen LogP contribution in [0.3, 0.4) is 0 Å². The van der Waals surface area contributed by atoms with Gasteiger partial charge in [-0.15, -0.1) is 0 Å². The lowest BCUT2D eigenvalue weighted by molar-refractivity contribution is 0.0794. The van der Waals surface area contributed by atoms with E-state index in [9.17, 15) is 15.0 Å². The summed E-state index contributed by atoms with van der Waals surface area (Å²) in [6, 6.07) is 4.63. The van der Waals surface area contributed by atoms with Crippen molar-refractivity contribution in [2.45, 2.75) is 43.9 Å². The highest BCUT2D eigenvalue weighted by Crippen LogP contribution is 2.34. The van der Waals surface area contributed by atoms with Crippen molar-refractivity contribution in [3.8, 4) is 5.88 Å². The van der Waals surface area contributed by atoms with Gasteiger partial charge in [0.15, 0.2) is 0 Å². The maximum atomic E-state index is 11.3. The van der Waals surface area contributed by atoms with Crippen molar-refractivity contribution < 1.29 is 19.7 Å². The Morgan fingerprint density at radius 3 is 2.69 bits per heavy atom. The van der Waals surface area contributed by atoms with E-state index >= 15 is 0 Å². The predicted octanol–water partition coefficient (Wildman–Crippen LogP) is 1.83. The molecule has 0 aromatic carbocycles. The number of ether oxygens (including phenoxy) is 1. The fourth-order valence-corrected chi connectivity index (χ4v) is 3.67. The Kier molecular flexibility index (Phi) is 5.53. The molecular weight excluding hydrogens is 336 g/mol. The van der Waals surface area contributed by atoms with Crippen LogP contribution in [0.2, 0.25) is 0 Å². The van der Waals surface area contributed by atoms with Crippen LogP contribution in [-0.4, -0.2) is 45.5 Å². The smallest absolute Gasteiger partial charge is 0.404 e. The fourth-order valence-electron chi connectivity index (χ4n) is 3.67. The average molecular weight is 360 g/mol. The minimum atomic E-state index is -1.16. The summed E-state index contributed by atoms with van der Waals surface area (Å²) < 4.78 is 5.17. The lowest BCUT2D eigenvalue weighted by atomic mass is 9.78. The molecule has 8 heteroatoms. The third kappa shape index (κ3) is 3.86. The molecule has 0 saturated heterocycles. The van der Waals surface area contributed by atoms with E-state index < -0.39 is 18.2 Å². The number of amides is 1. The minimum absolute atomic E-state index is 0.00900. The van der Waals surface area contributed by atoms with Crippen molar-refractivity contribution >= 4 is 17.1 Å². The number of rotatable bonds is 5. The molecule has 140 valence electrons. The van der Waals surface area contributed by atoms with E-state index in [1.165, 1.54) is 7.11 Å². The van der Waals surface area contributed by atoms with Crippen LogP contribution < -0.4 is 15.8 Å². The molecule has 1 amide bonds. The van der Waals surface area contributed by atoms with Crippen LogP contribution in [0.4, 0.5) is 4.79 Å². The van der Waals surface area contributed by atoms with E-state index in [4.69, 9.17) is 10.5 Å². The predicted molar refractivity (Wildman–Crippen MR) is 95.9 cm³/mol. The first-order valence-corrected chi connectivity index (χ1v) is 8.72. The summed E-state index contributed by atoms with van der Waals surface area (Å²) in [5.74, 6) is 0.417. The van der Waals surface area contributed by atoms with E-state index in [2.05, 4.69) is 15.3 Å². The zero-order valence-electron chi connectivity index (χ0n) is 14.6. The molecule has 8 nitrogen and oxygen atoms in total. The van der Waals surface area contributed by atoms with E-state index in [-0.39, 0.29) is 12.0 Å². The fraction of sp³-hybridized carbons (Fsp3) is 0.500. The monoisotopic (exact) mass is 360 g/mol. The Bertz CT molecular complexity index is 777. The van der Waals surface area contributed by atoms with E-state index in [0.29, 0.717) is 22.5 Å². The van der Waals surface area contributed by atoms with E-state index in [1.807, 2.05) is 0 Å². The number of carbonyl (C=O) groups is 1. The Morgan fingerprint density at radius 1 is 1.31 bits per heavy atom. The van der Waals surface area contributed by atoms with Crippen molar-refractivity contribution in [2.75, 3.05) is 7.11 Å². The molecule has 2 heterocycles. The lowest BCUT2D eigenvalue weighted by Gasteiger charge is -2.35. The highest BCUT2D eigenvalue weighted by molar-refractivity contribution is 5.78. The van der Waals surface area contributed by atoms with Crippen LogP contribution in [0.1, 0.15) is 37.4 Å². The topological polar surface area (TPSA) is 131 Å². The van der Waals surface area contributed by atoms with Gasteiger partial charge in [0.05, 0.1) is 24.2 Å². The minimum Gasteiger partial charge on any atom is -0.481 e. The molecule has 0 aliphatic heterocycles. The second-order valence-electron chi connectivity index (χ2n) is 6.72. The highest BCUT2D eigenvalue weighted by Gasteiger charge is 2.34. The maximum Gasteiger partial charge on any atom is 0.404 e. The van der Waals surface area contributed by atoms with Gasteiger partial charge in [-0.25, -0.2) is 9.78 Å². The average Bonchev–Trinajstić information content (AvgIpc) is 2.65. The summed E-state index contributed by atoms with van der Waals surface area (Å²) in [7, 11) is 1.51. The zero-order valence-corrected chi connectivity index (χ0v) is 14.6. The van der Waals surface area contributed by atoms with Crippen LogP contribution >= 0.6 is 0 Å². The van der Waals surface area contributed by atoms with Gasteiger partial charge in [-0.05, 0) is 43.7 Å². The van der Waals surface area contributed by atoms with Crippen molar-refractivity contribution in [2.24, 2.45) is 11.7 Å². The van der Waals surface area contributed by atoms with Crippen LogP contribution in [0.25, 0.3) is 11.0 Å². The van der Waals surface area contributed by atoms with Gasteiger partial charge in [-0.1, -0.05) is 0 Å². The van der Waals surface area contributed by atoms with Gasteiger partial charge in [-0.2, -0.15) is 0 Å². The summed E-state index contributed by atoms with van der Waals surface area (Å²) >= 11 is 0. The first-order chi connectivity index (χ1) is 12.5. The summed E-state index contributed by atoms with van der Waals surface area (Å²) in [6.07, 6.45) is 2.55. The first-order valence-electron chi connectivity index (χ1n) is 8.72. The van der Waals surface area contributed by atoms with Crippen molar-refractivity contribution in [3.05, 3.63) is 30.0 Å². The molecule has 26 heavy (non-hydrogen) atoms. The molecule has 3 rings (SSSR count). The second-order valence-corrected chi connectivity index (χ2v) is 6.72. The third-order valence-corrected chi connectivity index (χ3v) is 5.07. The Labute approximate surface area is 151 Å². The molecule has 1 fully saturated rings. The first kappa shape index (κ1) is 18.3. The van der Waals surface area contributed by atoms with Gasteiger partial charge in [-0.3, -0.25) is 4.98 Å².